The molecule has 2 heterocycles. The molecular formula is C25H25N3O3. The van der Waals surface area contributed by atoms with Gasteiger partial charge in [-0.15, -0.1) is 0 Å². The summed E-state index contributed by atoms with van der Waals surface area (Å²) in [4.78, 5) is 17.2. The number of nitrogens with zero attached hydrogens (tertiary/aromatic N) is 2. The predicted octanol–water partition coefficient (Wildman–Crippen LogP) is 4.30. The Morgan fingerprint density at radius 2 is 1.84 bits per heavy atom. The zero-order chi connectivity index (χ0) is 21.6. The number of hydrogen-bond acceptors (Lipinski definition) is 4. The Kier molecular flexibility index (Phi) is 6.29. The van der Waals surface area contributed by atoms with Crippen molar-refractivity contribution < 1.29 is 14.3 Å². The molecule has 31 heavy (non-hydrogen) atoms. The Morgan fingerprint density at radius 3 is 2.71 bits per heavy atom. The minimum atomic E-state index is -0.147. The molecular weight excluding hydrogens is 390 g/mol. The Bertz CT molecular complexity index is 1200. The standard InChI is InChI=1S/C25H25N3O3/c1-18-9-10-24-27-22(15-28(24)14-18)17-31-23-8-4-7-21(12-23)25(29)26-13-19-5-3-6-20(11-19)16-30-2/h3-12,14-15H,13,16-17H2,1-2H3,(H,26,29). The second kappa shape index (κ2) is 9.45. The Balaban J connectivity index is 1.36. The lowest BCUT2D eigenvalue weighted by molar-refractivity contribution is 0.0950. The van der Waals surface area contributed by atoms with Crippen LogP contribution >= 0.6 is 0 Å². The van der Waals surface area contributed by atoms with Gasteiger partial charge in [-0.3, -0.25) is 4.79 Å². The SMILES string of the molecule is COCc1cccc(CNC(=O)c2cccc(OCc3cn4cc(C)ccc4n3)c2)c1. The van der Waals surface area contributed by atoms with Crippen LogP contribution in [-0.4, -0.2) is 22.4 Å². The highest BCUT2D eigenvalue weighted by molar-refractivity contribution is 5.94. The summed E-state index contributed by atoms with van der Waals surface area (Å²) in [5.41, 5.74) is 5.53. The fourth-order valence-corrected chi connectivity index (χ4v) is 3.39. The molecule has 6 heteroatoms. The number of nitrogens with one attached hydrogen (secondary N) is 1. The van der Waals surface area contributed by atoms with Crippen LogP contribution in [0.4, 0.5) is 0 Å². The average molecular weight is 415 g/mol. The summed E-state index contributed by atoms with van der Waals surface area (Å²) < 4.78 is 13.0. The summed E-state index contributed by atoms with van der Waals surface area (Å²) in [6.45, 7) is 3.37. The topological polar surface area (TPSA) is 64.9 Å². The molecule has 0 fully saturated rings. The smallest absolute Gasteiger partial charge is 0.251 e. The summed E-state index contributed by atoms with van der Waals surface area (Å²) in [6, 6.07) is 19.2. The second-order valence-corrected chi connectivity index (χ2v) is 7.46. The highest BCUT2D eigenvalue weighted by Crippen LogP contribution is 2.16. The van der Waals surface area contributed by atoms with Crippen LogP contribution < -0.4 is 10.1 Å². The number of aromatic nitrogens is 2. The molecule has 2 aromatic carbocycles. The first-order valence-electron chi connectivity index (χ1n) is 10.1. The molecule has 2 aromatic heterocycles. The molecule has 0 bridgehead atoms. The number of rotatable bonds is 8. The maximum atomic E-state index is 12.6. The van der Waals surface area contributed by atoms with Crippen molar-refractivity contribution in [3.05, 3.63) is 101 Å². The van der Waals surface area contributed by atoms with Gasteiger partial charge in [0.25, 0.3) is 5.91 Å². The first-order chi connectivity index (χ1) is 15.1. The van der Waals surface area contributed by atoms with Crippen molar-refractivity contribution in [3.63, 3.8) is 0 Å². The molecule has 0 atom stereocenters. The zero-order valence-electron chi connectivity index (χ0n) is 17.7. The largest absolute Gasteiger partial charge is 0.487 e. The van der Waals surface area contributed by atoms with Crippen LogP contribution in [0, 0.1) is 6.92 Å². The van der Waals surface area contributed by atoms with Crippen molar-refractivity contribution in [1.29, 1.82) is 0 Å². The lowest BCUT2D eigenvalue weighted by Gasteiger charge is -2.09. The number of carbonyl (C=O) groups is 1. The Labute approximate surface area is 181 Å². The van der Waals surface area contributed by atoms with Crippen LogP contribution in [0.5, 0.6) is 5.75 Å². The quantitative estimate of drug-likeness (QED) is 0.466. The molecule has 0 saturated carbocycles. The van der Waals surface area contributed by atoms with Gasteiger partial charge in [0, 0.05) is 31.6 Å². The van der Waals surface area contributed by atoms with Crippen molar-refractivity contribution in [2.24, 2.45) is 0 Å². The molecule has 4 rings (SSSR count). The molecule has 4 aromatic rings. The van der Waals surface area contributed by atoms with Gasteiger partial charge in [0.05, 0.1) is 12.3 Å². The van der Waals surface area contributed by atoms with Crippen molar-refractivity contribution >= 4 is 11.6 Å². The van der Waals surface area contributed by atoms with E-state index in [-0.39, 0.29) is 5.91 Å². The third-order valence-electron chi connectivity index (χ3n) is 4.89. The Morgan fingerprint density at radius 1 is 1.00 bits per heavy atom. The van der Waals surface area contributed by atoms with E-state index < -0.39 is 0 Å². The van der Waals surface area contributed by atoms with Crippen LogP contribution in [0.1, 0.15) is 32.7 Å². The van der Waals surface area contributed by atoms with E-state index in [1.165, 1.54) is 5.56 Å². The van der Waals surface area contributed by atoms with Crippen LogP contribution in [0.25, 0.3) is 5.65 Å². The number of fused-ring (bicyclic) bond motifs is 1. The number of ether oxygens (including phenoxy) is 2. The van der Waals surface area contributed by atoms with Crippen molar-refractivity contribution in [2.75, 3.05) is 7.11 Å². The Hall–Kier alpha value is -3.64. The summed E-state index contributed by atoms with van der Waals surface area (Å²) in [5.74, 6) is 0.480. The molecule has 1 N–H and O–H groups in total. The fraction of sp³-hybridized carbons (Fsp3) is 0.200. The average Bonchev–Trinajstić information content (AvgIpc) is 3.19. The van der Waals surface area contributed by atoms with Gasteiger partial charge in [-0.2, -0.15) is 0 Å². The minimum Gasteiger partial charge on any atom is -0.487 e. The molecule has 0 radical (unpaired) electrons. The van der Waals surface area contributed by atoms with Gasteiger partial charge in [0.2, 0.25) is 0 Å². The van der Waals surface area contributed by atoms with Gasteiger partial charge in [0.15, 0.2) is 0 Å². The van der Waals surface area contributed by atoms with Crippen molar-refractivity contribution in [3.8, 4) is 5.75 Å². The zero-order valence-corrected chi connectivity index (χ0v) is 17.7. The number of methoxy groups -OCH3 is 1. The van der Waals surface area contributed by atoms with E-state index in [1.54, 1.807) is 19.2 Å². The van der Waals surface area contributed by atoms with E-state index in [0.29, 0.717) is 31.1 Å². The normalized spacial score (nSPS) is 10.9. The number of carbonyl (C=O) groups excluding carboxylic acids is 1. The molecule has 0 spiro atoms. The maximum Gasteiger partial charge on any atom is 0.251 e. The lowest BCUT2D eigenvalue weighted by Crippen LogP contribution is -2.22. The number of amides is 1. The maximum absolute atomic E-state index is 12.6. The van der Waals surface area contributed by atoms with Gasteiger partial charge in [-0.1, -0.05) is 36.4 Å². The highest BCUT2D eigenvalue weighted by Gasteiger charge is 2.08. The van der Waals surface area contributed by atoms with E-state index in [4.69, 9.17) is 9.47 Å². The third-order valence-corrected chi connectivity index (χ3v) is 4.89. The van der Waals surface area contributed by atoms with E-state index >= 15 is 0 Å². The molecule has 0 saturated heterocycles. The number of aryl methyl sites for hydroxylation is 1. The molecule has 0 aliphatic carbocycles. The van der Waals surface area contributed by atoms with Crippen LogP contribution in [0.15, 0.2) is 73.1 Å². The number of hydrogen-bond donors (Lipinski definition) is 1. The van der Waals surface area contributed by atoms with E-state index in [2.05, 4.69) is 10.3 Å². The number of pyridine rings is 1. The van der Waals surface area contributed by atoms with E-state index in [0.717, 1.165) is 22.5 Å². The molecule has 6 nitrogen and oxygen atoms in total. The van der Waals surface area contributed by atoms with Crippen LogP contribution in [0.3, 0.4) is 0 Å². The van der Waals surface area contributed by atoms with Gasteiger partial charge >= 0.3 is 0 Å². The molecule has 0 aliphatic rings. The van der Waals surface area contributed by atoms with Gasteiger partial charge in [-0.25, -0.2) is 4.98 Å². The monoisotopic (exact) mass is 415 g/mol. The molecule has 0 unspecified atom stereocenters. The van der Waals surface area contributed by atoms with Crippen LogP contribution in [0.2, 0.25) is 0 Å². The lowest BCUT2D eigenvalue weighted by atomic mass is 10.1. The fourth-order valence-electron chi connectivity index (χ4n) is 3.39. The number of benzene rings is 2. The number of imidazole rings is 1. The van der Waals surface area contributed by atoms with Crippen LogP contribution in [-0.2, 0) is 24.5 Å². The van der Waals surface area contributed by atoms with Gasteiger partial charge in [-0.05, 0) is 47.9 Å². The first-order valence-corrected chi connectivity index (χ1v) is 10.1. The second-order valence-electron chi connectivity index (χ2n) is 7.46. The summed E-state index contributed by atoms with van der Waals surface area (Å²) in [5, 5.41) is 2.96. The van der Waals surface area contributed by atoms with E-state index in [1.807, 2.05) is 72.2 Å². The summed E-state index contributed by atoms with van der Waals surface area (Å²) in [7, 11) is 1.67. The summed E-state index contributed by atoms with van der Waals surface area (Å²) in [6.07, 6.45) is 3.98. The first kappa shape index (κ1) is 20.6. The highest BCUT2D eigenvalue weighted by atomic mass is 16.5. The molecule has 158 valence electrons. The van der Waals surface area contributed by atoms with Crippen molar-refractivity contribution in [1.82, 2.24) is 14.7 Å². The van der Waals surface area contributed by atoms with Crippen molar-refractivity contribution in [2.45, 2.75) is 26.7 Å². The molecule has 0 aliphatic heterocycles. The predicted molar refractivity (Wildman–Crippen MR) is 119 cm³/mol. The third kappa shape index (κ3) is 5.29. The van der Waals surface area contributed by atoms with E-state index in [9.17, 15) is 4.79 Å². The molecule has 1 amide bonds. The van der Waals surface area contributed by atoms with Gasteiger partial charge < -0.3 is 19.2 Å². The minimum absolute atomic E-state index is 0.147. The summed E-state index contributed by atoms with van der Waals surface area (Å²) >= 11 is 0. The van der Waals surface area contributed by atoms with Gasteiger partial charge in [0.1, 0.15) is 18.0 Å².